The van der Waals surface area contributed by atoms with Gasteiger partial charge in [-0.15, -0.1) is 0 Å². The molecule has 1 atom stereocenters. The van der Waals surface area contributed by atoms with Crippen LogP contribution in [-0.4, -0.2) is 21.4 Å². The molecule has 1 unspecified atom stereocenters. The second-order valence-corrected chi connectivity index (χ2v) is 8.52. The van der Waals surface area contributed by atoms with Gasteiger partial charge in [0.15, 0.2) is 0 Å². The van der Waals surface area contributed by atoms with Crippen LogP contribution < -0.4 is 4.90 Å². The largest absolute Gasteiger partial charge is 0.507 e. The number of carbonyl (C=O) groups is 2. The molecule has 0 radical (unpaired) electrons. The molecule has 3 aromatic carbocycles. The van der Waals surface area contributed by atoms with E-state index in [1.54, 1.807) is 24.3 Å². The molecular weight excluding hydrogens is 412 g/mol. The molecule has 1 amide bonds. The summed E-state index contributed by atoms with van der Waals surface area (Å²) in [5.74, 6) is -1.50. The van der Waals surface area contributed by atoms with E-state index in [2.05, 4.69) is 0 Å². The van der Waals surface area contributed by atoms with Crippen molar-refractivity contribution in [2.75, 3.05) is 4.90 Å². The minimum atomic E-state index is -0.751. The molecule has 0 aliphatic carbocycles. The van der Waals surface area contributed by atoms with Crippen molar-refractivity contribution in [3.8, 4) is 0 Å². The van der Waals surface area contributed by atoms with Gasteiger partial charge in [0.25, 0.3) is 11.7 Å². The number of hydrogen-bond donors (Lipinski definition) is 1. The average Bonchev–Trinajstić information content (AvgIpc) is 3.29. The van der Waals surface area contributed by atoms with Crippen LogP contribution in [0.3, 0.4) is 0 Å². The second-order valence-electron chi connectivity index (χ2n) is 8.52. The highest BCUT2D eigenvalue weighted by atomic mass is 16.3. The molecule has 1 saturated heterocycles. The third-order valence-corrected chi connectivity index (χ3v) is 6.48. The summed E-state index contributed by atoms with van der Waals surface area (Å²) in [5, 5.41) is 12.2. The summed E-state index contributed by atoms with van der Waals surface area (Å²) < 4.78 is 1.98. The van der Waals surface area contributed by atoms with Gasteiger partial charge < -0.3 is 9.67 Å². The van der Waals surface area contributed by atoms with E-state index >= 15 is 0 Å². The van der Waals surface area contributed by atoms with Gasteiger partial charge in [0.1, 0.15) is 5.76 Å². The molecule has 1 aliphatic heterocycles. The second kappa shape index (κ2) is 7.78. The number of Topliss-reactive ketones (excluding diaryl/α,β-unsaturated/α-hetero) is 1. The van der Waals surface area contributed by atoms with Crippen LogP contribution in [0.25, 0.3) is 16.7 Å². The summed E-state index contributed by atoms with van der Waals surface area (Å²) in [6.07, 6.45) is 1.94. The summed E-state index contributed by atoms with van der Waals surface area (Å²) in [7, 11) is 1.94. The lowest BCUT2D eigenvalue weighted by molar-refractivity contribution is -0.132. The zero-order valence-electron chi connectivity index (χ0n) is 18.7. The number of aryl methyl sites for hydroxylation is 3. The number of aliphatic hydroxyl groups excluding tert-OH is 1. The third kappa shape index (κ3) is 3.24. The molecule has 5 rings (SSSR count). The number of para-hydroxylation sites is 1. The lowest BCUT2D eigenvalue weighted by Crippen LogP contribution is -2.29. The highest BCUT2D eigenvalue weighted by Crippen LogP contribution is 2.44. The van der Waals surface area contributed by atoms with Gasteiger partial charge in [-0.3, -0.25) is 14.5 Å². The number of hydrogen-bond acceptors (Lipinski definition) is 3. The molecule has 5 nitrogen and oxygen atoms in total. The van der Waals surface area contributed by atoms with Crippen molar-refractivity contribution in [3.05, 3.63) is 107 Å². The van der Waals surface area contributed by atoms with Gasteiger partial charge in [-0.2, -0.15) is 0 Å². The van der Waals surface area contributed by atoms with Crippen LogP contribution in [0.5, 0.6) is 0 Å². The number of aliphatic hydroxyl groups is 1. The first-order valence-corrected chi connectivity index (χ1v) is 10.9. The zero-order chi connectivity index (χ0) is 23.3. The highest BCUT2D eigenvalue weighted by Gasteiger charge is 2.47. The summed E-state index contributed by atoms with van der Waals surface area (Å²) in [6.45, 7) is 3.98. The smallest absolute Gasteiger partial charge is 0.300 e. The fraction of sp³-hybridized carbons (Fsp3) is 0.143. The minimum Gasteiger partial charge on any atom is -0.507 e. The lowest BCUT2D eigenvalue weighted by atomic mass is 9.94. The van der Waals surface area contributed by atoms with Crippen molar-refractivity contribution in [2.24, 2.45) is 7.05 Å². The predicted molar refractivity (Wildman–Crippen MR) is 130 cm³/mol. The topological polar surface area (TPSA) is 62.5 Å². The van der Waals surface area contributed by atoms with Crippen molar-refractivity contribution in [1.29, 1.82) is 0 Å². The van der Waals surface area contributed by atoms with Crippen molar-refractivity contribution in [1.82, 2.24) is 4.57 Å². The van der Waals surface area contributed by atoms with Crippen LogP contribution in [-0.2, 0) is 16.6 Å². The highest BCUT2D eigenvalue weighted by molar-refractivity contribution is 6.51. The molecule has 0 saturated carbocycles. The number of aromatic nitrogens is 1. The number of rotatable bonds is 3. The molecule has 164 valence electrons. The molecule has 1 N–H and O–H groups in total. The Hall–Kier alpha value is -4.12. The normalized spacial score (nSPS) is 17.8. The molecule has 33 heavy (non-hydrogen) atoms. The van der Waals surface area contributed by atoms with E-state index in [-0.39, 0.29) is 11.3 Å². The standard InChI is InChI=1S/C28H24N2O3/c1-17-13-14-20(15-18(17)2)30-25(22-16-29(3)23-12-8-7-11-21(22)23)24(27(32)28(30)33)26(31)19-9-5-4-6-10-19/h4-16,25,31H,1-3H3/b26-24+. The van der Waals surface area contributed by atoms with Crippen molar-refractivity contribution < 1.29 is 14.7 Å². The molecule has 0 spiro atoms. The Balaban J connectivity index is 1.82. The quantitative estimate of drug-likeness (QED) is 0.265. The van der Waals surface area contributed by atoms with Crippen LogP contribution in [0.15, 0.2) is 84.6 Å². The summed E-state index contributed by atoms with van der Waals surface area (Å²) >= 11 is 0. The SMILES string of the molecule is Cc1ccc(N2C(=O)C(=O)/C(=C(/O)c3ccccc3)C2c2cn(C)c3ccccc23)cc1C. The molecular formula is C28H24N2O3. The monoisotopic (exact) mass is 436 g/mol. The Morgan fingerprint density at radius 1 is 0.879 bits per heavy atom. The molecule has 4 aromatic rings. The Kier molecular flexibility index (Phi) is 4.90. The van der Waals surface area contributed by atoms with Crippen LogP contribution >= 0.6 is 0 Å². The summed E-state index contributed by atoms with van der Waals surface area (Å²) in [5.41, 5.74) is 5.13. The molecule has 1 fully saturated rings. The summed E-state index contributed by atoms with van der Waals surface area (Å²) in [4.78, 5) is 28.3. The first-order chi connectivity index (χ1) is 15.9. The Labute approximate surface area is 192 Å². The van der Waals surface area contributed by atoms with Gasteiger partial charge >= 0.3 is 0 Å². The number of amides is 1. The fourth-order valence-electron chi connectivity index (χ4n) is 4.61. The van der Waals surface area contributed by atoms with Crippen molar-refractivity contribution in [2.45, 2.75) is 19.9 Å². The maximum atomic E-state index is 13.4. The Bertz CT molecular complexity index is 1450. The van der Waals surface area contributed by atoms with Crippen LogP contribution in [0.4, 0.5) is 5.69 Å². The Morgan fingerprint density at radius 3 is 2.30 bits per heavy atom. The van der Waals surface area contributed by atoms with Gasteiger partial charge in [-0.1, -0.05) is 54.6 Å². The van der Waals surface area contributed by atoms with Crippen LogP contribution in [0.2, 0.25) is 0 Å². The third-order valence-electron chi connectivity index (χ3n) is 6.48. The van der Waals surface area contributed by atoms with Gasteiger partial charge in [-0.25, -0.2) is 0 Å². The molecule has 0 bridgehead atoms. The molecule has 1 aliphatic rings. The summed E-state index contributed by atoms with van der Waals surface area (Å²) in [6, 6.07) is 21.7. The first kappa shape index (κ1) is 20.8. The molecule has 5 heteroatoms. The van der Waals surface area contributed by atoms with E-state index in [0.29, 0.717) is 11.3 Å². The number of carbonyl (C=O) groups excluding carboxylic acids is 2. The number of nitrogens with zero attached hydrogens (tertiary/aromatic N) is 2. The van der Waals surface area contributed by atoms with Gasteiger partial charge in [-0.05, 0) is 43.2 Å². The number of fused-ring (bicyclic) bond motifs is 1. The number of benzene rings is 3. The zero-order valence-corrected chi connectivity index (χ0v) is 18.7. The molecule has 2 heterocycles. The maximum Gasteiger partial charge on any atom is 0.300 e. The first-order valence-electron chi connectivity index (χ1n) is 10.9. The number of anilines is 1. The van der Waals surface area contributed by atoms with E-state index in [1.807, 2.05) is 80.2 Å². The van der Waals surface area contributed by atoms with Gasteiger partial charge in [0, 0.05) is 41.0 Å². The van der Waals surface area contributed by atoms with Crippen molar-refractivity contribution in [3.63, 3.8) is 0 Å². The van der Waals surface area contributed by atoms with E-state index in [1.165, 1.54) is 4.90 Å². The van der Waals surface area contributed by atoms with E-state index in [9.17, 15) is 14.7 Å². The van der Waals surface area contributed by atoms with E-state index in [0.717, 1.165) is 27.6 Å². The van der Waals surface area contributed by atoms with E-state index in [4.69, 9.17) is 0 Å². The van der Waals surface area contributed by atoms with Crippen LogP contribution in [0, 0.1) is 13.8 Å². The van der Waals surface area contributed by atoms with Crippen molar-refractivity contribution >= 4 is 34.0 Å². The predicted octanol–water partition coefficient (Wildman–Crippen LogP) is 5.42. The lowest BCUT2D eigenvalue weighted by Gasteiger charge is -2.25. The van der Waals surface area contributed by atoms with Gasteiger partial charge in [0.05, 0.1) is 11.6 Å². The van der Waals surface area contributed by atoms with E-state index < -0.39 is 17.7 Å². The Morgan fingerprint density at radius 2 is 1.58 bits per heavy atom. The molecule has 1 aromatic heterocycles. The minimum absolute atomic E-state index is 0.0979. The average molecular weight is 437 g/mol. The van der Waals surface area contributed by atoms with Gasteiger partial charge in [0.2, 0.25) is 0 Å². The van der Waals surface area contributed by atoms with Crippen LogP contribution in [0.1, 0.15) is 28.3 Å². The fourth-order valence-corrected chi connectivity index (χ4v) is 4.61. The maximum absolute atomic E-state index is 13.4. The number of ketones is 1.